The Kier molecular flexibility index (Phi) is 5.48. The average molecular weight is 440 g/mol. The highest BCUT2D eigenvalue weighted by molar-refractivity contribution is 8.18. The lowest BCUT2D eigenvalue weighted by atomic mass is 10.1. The topological polar surface area (TPSA) is 87.8 Å². The van der Waals surface area contributed by atoms with Crippen molar-refractivity contribution >= 4 is 46.6 Å². The van der Waals surface area contributed by atoms with Crippen LogP contribution >= 0.6 is 23.4 Å². The SMILES string of the molecule is O=C(O)c1cccc(-c2ccc(/C=C3\SC(=O)N(Cc4ccccc4Cl)C3=O)o2)c1. The molecule has 0 aliphatic carbocycles. The van der Waals surface area contributed by atoms with E-state index in [-0.39, 0.29) is 22.3 Å². The summed E-state index contributed by atoms with van der Waals surface area (Å²) >= 11 is 6.96. The van der Waals surface area contributed by atoms with Crippen molar-refractivity contribution in [3.05, 3.63) is 87.5 Å². The van der Waals surface area contributed by atoms with Crippen LogP contribution in [-0.2, 0) is 11.3 Å². The van der Waals surface area contributed by atoms with Crippen LogP contribution in [0.15, 0.2) is 70.0 Å². The summed E-state index contributed by atoms with van der Waals surface area (Å²) in [5.41, 5.74) is 1.42. The van der Waals surface area contributed by atoms with Crippen LogP contribution in [0, 0.1) is 0 Å². The van der Waals surface area contributed by atoms with Gasteiger partial charge in [0, 0.05) is 16.7 Å². The Morgan fingerprint density at radius 2 is 1.90 bits per heavy atom. The summed E-state index contributed by atoms with van der Waals surface area (Å²) in [6, 6.07) is 16.7. The molecule has 1 N–H and O–H groups in total. The number of carbonyl (C=O) groups excluding carboxylic acids is 2. The van der Waals surface area contributed by atoms with Crippen LogP contribution in [0.5, 0.6) is 0 Å². The van der Waals surface area contributed by atoms with Gasteiger partial charge in [-0.2, -0.15) is 0 Å². The third-order valence-electron chi connectivity index (χ3n) is 4.45. The van der Waals surface area contributed by atoms with Crippen molar-refractivity contribution in [1.29, 1.82) is 0 Å². The summed E-state index contributed by atoms with van der Waals surface area (Å²) in [6.45, 7) is 0.0903. The van der Waals surface area contributed by atoms with E-state index in [4.69, 9.17) is 21.1 Å². The number of hydrogen-bond donors (Lipinski definition) is 1. The Morgan fingerprint density at radius 3 is 2.67 bits per heavy atom. The van der Waals surface area contributed by atoms with Gasteiger partial charge in [0.25, 0.3) is 11.1 Å². The Hall–Kier alpha value is -3.29. The number of imide groups is 1. The number of carboxylic acids is 1. The van der Waals surface area contributed by atoms with Gasteiger partial charge < -0.3 is 9.52 Å². The zero-order valence-corrected chi connectivity index (χ0v) is 16.9. The first-order chi connectivity index (χ1) is 14.4. The predicted molar refractivity (Wildman–Crippen MR) is 114 cm³/mol. The predicted octanol–water partition coefficient (Wildman–Crippen LogP) is 5.53. The van der Waals surface area contributed by atoms with Gasteiger partial charge in [-0.1, -0.05) is 41.9 Å². The standard InChI is InChI=1S/C22H14ClNO5S/c23-17-7-2-1-4-15(17)12-24-20(25)19(30-22(24)28)11-16-8-9-18(29-16)13-5-3-6-14(10-13)21(26)27/h1-11H,12H2,(H,26,27)/b19-11-. The molecule has 0 unspecified atom stereocenters. The number of furan rings is 1. The fourth-order valence-electron chi connectivity index (χ4n) is 2.95. The van der Waals surface area contributed by atoms with Crippen LogP contribution in [0.25, 0.3) is 17.4 Å². The second-order valence-electron chi connectivity index (χ2n) is 6.45. The molecule has 1 aliphatic heterocycles. The zero-order chi connectivity index (χ0) is 21.3. The Labute approximate surface area is 180 Å². The monoisotopic (exact) mass is 439 g/mol. The first-order valence-electron chi connectivity index (χ1n) is 8.85. The maximum atomic E-state index is 12.7. The molecule has 0 saturated carbocycles. The van der Waals surface area contributed by atoms with Gasteiger partial charge in [0.2, 0.25) is 0 Å². The number of carboxylic acid groups (broad SMARTS) is 1. The number of aromatic carboxylic acids is 1. The van der Waals surface area contributed by atoms with Crippen molar-refractivity contribution in [2.24, 2.45) is 0 Å². The summed E-state index contributed by atoms with van der Waals surface area (Å²) in [4.78, 5) is 37.5. The highest BCUT2D eigenvalue weighted by atomic mass is 35.5. The molecule has 2 amide bonds. The number of benzene rings is 2. The van der Waals surface area contributed by atoms with Crippen molar-refractivity contribution in [1.82, 2.24) is 4.90 Å². The highest BCUT2D eigenvalue weighted by Crippen LogP contribution is 2.35. The molecule has 0 bridgehead atoms. The van der Waals surface area contributed by atoms with E-state index < -0.39 is 11.9 Å². The lowest BCUT2D eigenvalue weighted by Gasteiger charge is -2.13. The average Bonchev–Trinajstić information content (AvgIpc) is 3.30. The third-order valence-corrected chi connectivity index (χ3v) is 5.73. The van der Waals surface area contributed by atoms with E-state index in [2.05, 4.69) is 0 Å². The van der Waals surface area contributed by atoms with E-state index in [1.54, 1.807) is 48.5 Å². The molecule has 1 aromatic heterocycles. The smallest absolute Gasteiger partial charge is 0.335 e. The highest BCUT2D eigenvalue weighted by Gasteiger charge is 2.35. The van der Waals surface area contributed by atoms with Gasteiger partial charge in [0.1, 0.15) is 11.5 Å². The fourth-order valence-corrected chi connectivity index (χ4v) is 3.97. The van der Waals surface area contributed by atoms with E-state index >= 15 is 0 Å². The van der Waals surface area contributed by atoms with E-state index in [1.165, 1.54) is 18.2 Å². The molecule has 4 rings (SSSR count). The molecule has 6 nitrogen and oxygen atoms in total. The molecule has 8 heteroatoms. The normalized spacial score (nSPS) is 15.2. The van der Waals surface area contributed by atoms with Gasteiger partial charge in [-0.05, 0) is 47.7 Å². The van der Waals surface area contributed by atoms with E-state index in [0.29, 0.717) is 27.7 Å². The van der Waals surface area contributed by atoms with E-state index in [1.807, 2.05) is 0 Å². The molecule has 150 valence electrons. The van der Waals surface area contributed by atoms with Crippen molar-refractivity contribution in [2.75, 3.05) is 0 Å². The second-order valence-corrected chi connectivity index (χ2v) is 7.85. The molecule has 1 saturated heterocycles. The van der Waals surface area contributed by atoms with Gasteiger partial charge in [-0.3, -0.25) is 14.5 Å². The van der Waals surface area contributed by atoms with Crippen LogP contribution in [-0.4, -0.2) is 27.1 Å². The number of carbonyl (C=O) groups is 3. The molecule has 2 aromatic carbocycles. The van der Waals surface area contributed by atoms with Gasteiger partial charge in [0.05, 0.1) is 17.0 Å². The first-order valence-corrected chi connectivity index (χ1v) is 10.0. The number of halogens is 1. The van der Waals surface area contributed by atoms with Crippen LogP contribution in [0.2, 0.25) is 5.02 Å². The second kappa shape index (κ2) is 8.22. The van der Waals surface area contributed by atoms with Crippen molar-refractivity contribution in [3.63, 3.8) is 0 Å². The number of nitrogens with zero attached hydrogens (tertiary/aromatic N) is 1. The zero-order valence-electron chi connectivity index (χ0n) is 15.4. The van der Waals surface area contributed by atoms with Crippen LogP contribution in [0.3, 0.4) is 0 Å². The van der Waals surface area contributed by atoms with E-state index in [0.717, 1.165) is 16.7 Å². The largest absolute Gasteiger partial charge is 0.478 e. The van der Waals surface area contributed by atoms with Gasteiger partial charge in [-0.25, -0.2) is 4.79 Å². The van der Waals surface area contributed by atoms with Crippen LogP contribution in [0.4, 0.5) is 4.79 Å². The fraction of sp³-hybridized carbons (Fsp3) is 0.0455. The third kappa shape index (κ3) is 4.03. The lowest BCUT2D eigenvalue weighted by Crippen LogP contribution is -2.27. The van der Waals surface area contributed by atoms with Crippen LogP contribution in [0.1, 0.15) is 21.7 Å². The van der Waals surface area contributed by atoms with Gasteiger partial charge in [0.15, 0.2) is 0 Å². The molecular weight excluding hydrogens is 426 g/mol. The first kappa shape index (κ1) is 20.0. The number of amides is 2. The van der Waals surface area contributed by atoms with Gasteiger partial charge >= 0.3 is 5.97 Å². The Morgan fingerprint density at radius 1 is 1.10 bits per heavy atom. The summed E-state index contributed by atoms with van der Waals surface area (Å²) in [5.74, 6) is -0.611. The van der Waals surface area contributed by atoms with Crippen molar-refractivity contribution in [3.8, 4) is 11.3 Å². The number of rotatable bonds is 5. The Bertz CT molecular complexity index is 1200. The summed E-state index contributed by atoms with van der Waals surface area (Å²) in [5, 5.41) is 9.23. The molecule has 2 heterocycles. The Balaban J connectivity index is 1.55. The molecule has 1 fully saturated rings. The van der Waals surface area contributed by atoms with Crippen molar-refractivity contribution < 1.29 is 23.9 Å². The maximum absolute atomic E-state index is 12.7. The molecule has 30 heavy (non-hydrogen) atoms. The number of hydrogen-bond acceptors (Lipinski definition) is 5. The minimum absolute atomic E-state index is 0.0903. The molecule has 3 aromatic rings. The van der Waals surface area contributed by atoms with Crippen LogP contribution < -0.4 is 0 Å². The minimum atomic E-state index is -1.03. The minimum Gasteiger partial charge on any atom is -0.478 e. The molecule has 0 radical (unpaired) electrons. The van der Waals surface area contributed by atoms with E-state index in [9.17, 15) is 14.4 Å². The maximum Gasteiger partial charge on any atom is 0.335 e. The molecule has 0 atom stereocenters. The quantitative estimate of drug-likeness (QED) is 0.525. The van der Waals surface area contributed by atoms with Gasteiger partial charge in [-0.15, -0.1) is 0 Å². The number of thioether (sulfide) groups is 1. The molecule has 1 aliphatic rings. The summed E-state index contributed by atoms with van der Waals surface area (Å²) in [7, 11) is 0. The van der Waals surface area contributed by atoms with Crippen molar-refractivity contribution in [2.45, 2.75) is 6.54 Å². The lowest BCUT2D eigenvalue weighted by molar-refractivity contribution is -0.123. The molecule has 0 spiro atoms. The molecular formula is C22H14ClNO5S. The summed E-state index contributed by atoms with van der Waals surface area (Å²) in [6.07, 6.45) is 1.50. The summed E-state index contributed by atoms with van der Waals surface area (Å²) < 4.78 is 5.74.